The van der Waals surface area contributed by atoms with Gasteiger partial charge in [0.25, 0.3) is 5.56 Å². The Kier molecular flexibility index (Phi) is 7.72. The van der Waals surface area contributed by atoms with E-state index in [0.29, 0.717) is 50.5 Å². The van der Waals surface area contributed by atoms with E-state index in [4.69, 9.17) is 4.98 Å². The Morgan fingerprint density at radius 1 is 0.837 bits per heavy atom. The molecule has 6 rings (SSSR count). The van der Waals surface area contributed by atoms with Crippen LogP contribution in [-0.4, -0.2) is 31.5 Å². The van der Waals surface area contributed by atoms with Crippen LogP contribution < -0.4 is 10.9 Å². The number of hydrogen-bond acceptors (Lipinski definition) is 6. The van der Waals surface area contributed by atoms with E-state index in [0.717, 1.165) is 5.56 Å². The molecule has 6 aromatic rings. The molecule has 0 saturated heterocycles. The summed E-state index contributed by atoms with van der Waals surface area (Å²) in [4.78, 5) is 48.3. The molecule has 1 unspecified atom stereocenters. The molecule has 0 spiro atoms. The smallest absolute Gasteiger partial charge is 0.336 e. The summed E-state index contributed by atoms with van der Waals surface area (Å²) in [5, 5.41) is 13.6. The first-order valence-corrected chi connectivity index (χ1v) is 14.6. The Balaban J connectivity index is 1.30. The maximum Gasteiger partial charge on any atom is 0.336 e. The van der Waals surface area contributed by atoms with E-state index in [-0.39, 0.29) is 17.0 Å². The van der Waals surface area contributed by atoms with Gasteiger partial charge in [-0.05, 0) is 48.9 Å². The van der Waals surface area contributed by atoms with Gasteiger partial charge in [0.1, 0.15) is 5.25 Å². The van der Waals surface area contributed by atoms with E-state index in [1.165, 1.54) is 11.8 Å². The fourth-order valence-electron chi connectivity index (χ4n) is 4.96. The van der Waals surface area contributed by atoms with E-state index in [1.54, 1.807) is 65.2 Å². The summed E-state index contributed by atoms with van der Waals surface area (Å²) in [5.41, 5.74) is 3.77. The van der Waals surface area contributed by atoms with Crippen molar-refractivity contribution in [3.8, 4) is 11.3 Å². The van der Waals surface area contributed by atoms with Gasteiger partial charge in [0.05, 0.1) is 27.7 Å². The van der Waals surface area contributed by atoms with E-state index >= 15 is 0 Å². The Labute approximate surface area is 251 Å². The van der Waals surface area contributed by atoms with Crippen molar-refractivity contribution in [2.24, 2.45) is 0 Å². The van der Waals surface area contributed by atoms with Gasteiger partial charge in [-0.3, -0.25) is 14.2 Å². The van der Waals surface area contributed by atoms with Crippen LogP contribution >= 0.6 is 11.8 Å². The number of fused-ring (bicyclic) bond motifs is 2. The Bertz CT molecular complexity index is 2040. The number of nitrogens with one attached hydrogen (secondary N) is 1. The van der Waals surface area contributed by atoms with Crippen LogP contribution in [0.25, 0.3) is 33.1 Å². The van der Waals surface area contributed by atoms with E-state index in [1.807, 2.05) is 55.5 Å². The average molecular weight is 587 g/mol. The van der Waals surface area contributed by atoms with E-state index in [9.17, 15) is 19.5 Å². The van der Waals surface area contributed by atoms with Gasteiger partial charge in [0.15, 0.2) is 5.16 Å². The van der Waals surface area contributed by atoms with Crippen molar-refractivity contribution in [2.45, 2.75) is 23.9 Å². The number of benzene rings is 4. The monoisotopic (exact) mass is 586 g/mol. The number of thioether (sulfide) groups is 1. The van der Waals surface area contributed by atoms with Crippen molar-refractivity contribution in [2.75, 3.05) is 5.32 Å². The maximum absolute atomic E-state index is 13.8. The van der Waals surface area contributed by atoms with Gasteiger partial charge < -0.3 is 10.4 Å². The summed E-state index contributed by atoms with van der Waals surface area (Å²) >= 11 is 1.23. The number of rotatable bonds is 8. The highest BCUT2D eigenvalue weighted by Crippen LogP contribution is 2.36. The van der Waals surface area contributed by atoms with Gasteiger partial charge in [-0.15, -0.1) is 0 Å². The third kappa shape index (κ3) is 5.62. The number of carbonyl (C=O) groups is 2. The Morgan fingerprint density at radius 3 is 2.14 bits per heavy atom. The van der Waals surface area contributed by atoms with E-state index < -0.39 is 11.2 Å². The molecule has 2 N–H and O–H groups in total. The topological polar surface area (TPSA) is 114 Å². The van der Waals surface area contributed by atoms with Crippen molar-refractivity contribution in [3.63, 3.8) is 0 Å². The minimum absolute atomic E-state index is 0.147. The number of nitrogens with zero attached hydrogens (tertiary/aromatic N) is 3. The second-order valence-electron chi connectivity index (χ2n) is 9.81. The van der Waals surface area contributed by atoms with Crippen LogP contribution in [0.5, 0.6) is 0 Å². The highest BCUT2D eigenvalue weighted by Gasteiger charge is 2.25. The fourth-order valence-corrected chi connectivity index (χ4v) is 6.12. The number of carboxylic acid groups (broad SMARTS) is 1. The number of anilines is 1. The number of aromatic carboxylic acids is 1. The molecule has 0 bridgehead atoms. The minimum Gasteiger partial charge on any atom is -0.478 e. The Hall–Kier alpha value is -5.28. The molecule has 8 nitrogen and oxygen atoms in total. The number of aromatic nitrogens is 3. The molecular formula is C34H26N4O4S. The quantitative estimate of drug-likeness (QED) is 0.149. The fraction of sp³-hybridized carbons (Fsp3) is 0.0882. The van der Waals surface area contributed by atoms with Gasteiger partial charge in [-0.25, -0.2) is 14.8 Å². The van der Waals surface area contributed by atoms with Crippen LogP contribution in [0, 0.1) is 0 Å². The lowest BCUT2D eigenvalue weighted by Gasteiger charge is -2.19. The first-order valence-electron chi connectivity index (χ1n) is 13.7. The zero-order chi connectivity index (χ0) is 29.9. The third-order valence-electron chi connectivity index (χ3n) is 7.10. The molecule has 2 aromatic heterocycles. The molecule has 0 radical (unpaired) electrons. The number of para-hydroxylation sites is 2. The molecule has 0 aliphatic heterocycles. The summed E-state index contributed by atoms with van der Waals surface area (Å²) in [7, 11) is 0. The molecule has 0 saturated carbocycles. The van der Waals surface area contributed by atoms with Crippen molar-refractivity contribution >= 4 is 51.1 Å². The summed E-state index contributed by atoms with van der Waals surface area (Å²) in [6.45, 7) is 2.29. The minimum atomic E-state index is -1.03. The zero-order valence-corrected chi connectivity index (χ0v) is 23.9. The van der Waals surface area contributed by atoms with Gasteiger partial charge in [-0.2, -0.15) is 0 Å². The van der Waals surface area contributed by atoms with Crippen LogP contribution in [0.3, 0.4) is 0 Å². The molecule has 4 aromatic carbocycles. The summed E-state index contributed by atoms with van der Waals surface area (Å²) in [5.74, 6) is -1.30. The second kappa shape index (κ2) is 11.9. The van der Waals surface area contributed by atoms with E-state index in [2.05, 4.69) is 10.3 Å². The predicted octanol–water partition coefficient (Wildman–Crippen LogP) is 6.80. The number of carbonyl (C=O) groups excluding carboxylic acids is 1. The standard InChI is InChI=1S/C34H26N4O4S/c1-2-38-32(40)25-13-7-9-15-28(25)37-34(38)43-30(22-10-4-3-5-11-22)31(39)35-23-18-16-21(17-19-23)29-20-26(33(41)42)24-12-6-8-14-27(24)36-29/h3-20,30H,2H2,1H3,(H,35,39)(H,41,42). The maximum atomic E-state index is 13.8. The molecule has 1 atom stereocenters. The van der Waals surface area contributed by atoms with Crippen LogP contribution in [0.2, 0.25) is 0 Å². The van der Waals surface area contributed by atoms with Crippen molar-refractivity contribution < 1.29 is 14.7 Å². The highest BCUT2D eigenvalue weighted by atomic mass is 32.2. The predicted molar refractivity (Wildman–Crippen MR) is 169 cm³/mol. The lowest BCUT2D eigenvalue weighted by atomic mass is 10.0. The number of amides is 1. The average Bonchev–Trinajstić information content (AvgIpc) is 3.04. The normalized spacial score (nSPS) is 11.8. The van der Waals surface area contributed by atoms with Gasteiger partial charge in [0.2, 0.25) is 5.91 Å². The second-order valence-corrected chi connectivity index (χ2v) is 10.9. The molecule has 1 amide bonds. The van der Waals surface area contributed by atoms with Crippen LogP contribution in [0.1, 0.15) is 28.1 Å². The molecule has 2 heterocycles. The van der Waals surface area contributed by atoms with Crippen molar-refractivity contribution in [3.05, 3.63) is 131 Å². The number of hydrogen-bond donors (Lipinski definition) is 2. The first kappa shape index (κ1) is 27.9. The lowest BCUT2D eigenvalue weighted by molar-refractivity contribution is -0.115. The van der Waals surface area contributed by atoms with Crippen LogP contribution in [-0.2, 0) is 11.3 Å². The molecule has 0 fully saturated rings. The number of pyridine rings is 1. The summed E-state index contributed by atoms with van der Waals surface area (Å²) in [6.07, 6.45) is 0. The number of carboxylic acids is 1. The third-order valence-corrected chi connectivity index (χ3v) is 8.35. The molecule has 9 heteroatoms. The highest BCUT2D eigenvalue weighted by molar-refractivity contribution is 8.00. The van der Waals surface area contributed by atoms with Crippen LogP contribution in [0.4, 0.5) is 5.69 Å². The zero-order valence-electron chi connectivity index (χ0n) is 23.1. The van der Waals surface area contributed by atoms with Gasteiger partial charge >= 0.3 is 5.97 Å². The molecule has 0 aliphatic rings. The lowest BCUT2D eigenvalue weighted by Crippen LogP contribution is -2.24. The molecule has 43 heavy (non-hydrogen) atoms. The summed E-state index contributed by atoms with van der Waals surface area (Å²) < 4.78 is 1.59. The van der Waals surface area contributed by atoms with Crippen molar-refractivity contribution in [1.82, 2.24) is 14.5 Å². The Morgan fingerprint density at radius 2 is 1.47 bits per heavy atom. The van der Waals surface area contributed by atoms with Gasteiger partial charge in [-0.1, -0.05) is 84.6 Å². The molecule has 0 aliphatic carbocycles. The molecule has 212 valence electrons. The van der Waals surface area contributed by atoms with Crippen LogP contribution in [0.15, 0.2) is 119 Å². The largest absolute Gasteiger partial charge is 0.478 e. The SMILES string of the molecule is CCn1c(SC(C(=O)Nc2ccc(-c3cc(C(=O)O)c4ccccc4n3)cc2)c2ccccc2)nc2ccccc2c1=O. The summed E-state index contributed by atoms with van der Waals surface area (Å²) in [6, 6.07) is 32.4. The van der Waals surface area contributed by atoms with Crippen molar-refractivity contribution in [1.29, 1.82) is 0 Å². The first-order chi connectivity index (χ1) is 20.9. The van der Waals surface area contributed by atoms with Gasteiger partial charge in [0, 0.05) is 23.2 Å². The molecular weight excluding hydrogens is 560 g/mol.